The highest BCUT2D eigenvalue weighted by Gasteiger charge is 2.30. The topological polar surface area (TPSA) is 111 Å². The number of nitrogens with zero attached hydrogens (tertiary/aromatic N) is 2. The van der Waals surface area contributed by atoms with Gasteiger partial charge in [-0.2, -0.15) is 0 Å². The lowest BCUT2D eigenvalue weighted by Gasteiger charge is -2.14. The molecule has 0 bridgehead atoms. The van der Waals surface area contributed by atoms with Gasteiger partial charge in [0.25, 0.3) is 11.6 Å². The number of imide groups is 1. The van der Waals surface area contributed by atoms with Gasteiger partial charge in [-0.25, -0.2) is 4.79 Å². The standard InChI is InChI=1S/C20H18ClN3O6/c1-3-29-17-10-13(9-16-19(25)23(2)20(26)22-16)8-15(21)18(17)30-11-12-4-6-14(7-5-12)24(27)28/h4-10H,3,11H2,1-2H3,(H,22,26)/b16-9+. The molecular formula is C20H18ClN3O6. The Hall–Kier alpha value is -3.59. The van der Waals surface area contributed by atoms with Gasteiger partial charge in [0.05, 0.1) is 16.6 Å². The fraction of sp³-hybridized carbons (Fsp3) is 0.200. The van der Waals surface area contributed by atoms with Crippen LogP contribution in [-0.4, -0.2) is 35.4 Å². The molecule has 156 valence electrons. The molecule has 9 nitrogen and oxygen atoms in total. The first-order chi connectivity index (χ1) is 14.3. The van der Waals surface area contributed by atoms with Gasteiger partial charge in [0.1, 0.15) is 12.3 Å². The fourth-order valence-electron chi connectivity index (χ4n) is 2.73. The molecule has 0 saturated carbocycles. The highest BCUT2D eigenvalue weighted by molar-refractivity contribution is 6.32. The molecule has 3 amide bonds. The van der Waals surface area contributed by atoms with Crippen LogP contribution in [0.1, 0.15) is 18.1 Å². The number of likely N-dealkylation sites (N-methyl/N-ethyl adjacent to an activating group) is 1. The van der Waals surface area contributed by atoms with Crippen molar-refractivity contribution >= 4 is 35.3 Å². The lowest BCUT2D eigenvalue weighted by atomic mass is 10.1. The minimum atomic E-state index is -0.509. The second-order valence-electron chi connectivity index (χ2n) is 6.33. The molecule has 2 aromatic rings. The molecule has 0 aliphatic carbocycles. The summed E-state index contributed by atoms with van der Waals surface area (Å²) >= 11 is 6.38. The van der Waals surface area contributed by atoms with E-state index in [-0.39, 0.29) is 23.0 Å². The maximum absolute atomic E-state index is 12.1. The molecule has 10 heteroatoms. The molecule has 0 atom stereocenters. The van der Waals surface area contributed by atoms with Crippen LogP contribution in [0.5, 0.6) is 11.5 Å². The molecule has 30 heavy (non-hydrogen) atoms. The van der Waals surface area contributed by atoms with Gasteiger partial charge in [-0.3, -0.25) is 19.8 Å². The molecule has 1 fully saturated rings. The van der Waals surface area contributed by atoms with Crippen LogP contribution >= 0.6 is 11.6 Å². The first-order valence-corrected chi connectivity index (χ1v) is 9.31. The van der Waals surface area contributed by atoms with E-state index in [0.29, 0.717) is 29.2 Å². The quantitative estimate of drug-likeness (QED) is 0.309. The first kappa shape index (κ1) is 21.1. The third-order valence-electron chi connectivity index (χ3n) is 4.25. The van der Waals surface area contributed by atoms with E-state index in [1.165, 1.54) is 25.3 Å². The summed E-state index contributed by atoms with van der Waals surface area (Å²) in [6.45, 7) is 2.27. The number of nitrogens with one attached hydrogen (secondary N) is 1. The van der Waals surface area contributed by atoms with Gasteiger partial charge in [0.15, 0.2) is 11.5 Å². The average Bonchev–Trinajstić information content (AvgIpc) is 2.94. The van der Waals surface area contributed by atoms with E-state index in [2.05, 4.69) is 5.32 Å². The largest absolute Gasteiger partial charge is 0.490 e. The molecule has 1 N–H and O–H groups in total. The van der Waals surface area contributed by atoms with E-state index >= 15 is 0 Å². The van der Waals surface area contributed by atoms with Crippen molar-refractivity contribution in [2.24, 2.45) is 0 Å². The zero-order valence-electron chi connectivity index (χ0n) is 16.2. The lowest BCUT2D eigenvalue weighted by Crippen LogP contribution is -2.25. The van der Waals surface area contributed by atoms with Gasteiger partial charge in [0.2, 0.25) is 0 Å². The van der Waals surface area contributed by atoms with Crippen molar-refractivity contribution in [3.63, 3.8) is 0 Å². The number of amides is 3. The number of carbonyl (C=O) groups is 2. The van der Waals surface area contributed by atoms with Crippen molar-refractivity contribution in [1.82, 2.24) is 10.2 Å². The molecule has 0 spiro atoms. The molecule has 1 aliphatic rings. The van der Waals surface area contributed by atoms with Crippen molar-refractivity contribution in [3.8, 4) is 11.5 Å². The van der Waals surface area contributed by atoms with Crippen LogP contribution in [0.3, 0.4) is 0 Å². The van der Waals surface area contributed by atoms with Gasteiger partial charge in [0, 0.05) is 19.2 Å². The molecule has 1 aliphatic heterocycles. The van der Waals surface area contributed by atoms with Crippen LogP contribution in [-0.2, 0) is 11.4 Å². The SMILES string of the molecule is CCOc1cc(/C=C2/NC(=O)N(C)C2=O)cc(Cl)c1OCc1ccc([N+](=O)[O-])cc1. The van der Waals surface area contributed by atoms with Crippen LogP contribution in [0.2, 0.25) is 5.02 Å². The predicted octanol–water partition coefficient (Wildman–Crippen LogP) is 3.75. The van der Waals surface area contributed by atoms with Gasteiger partial charge in [-0.1, -0.05) is 11.6 Å². The van der Waals surface area contributed by atoms with E-state index in [4.69, 9.17) is 21.1 Å². The second-order valence-corrected chi connectivity index (χ2v) is 6.73. The number of benzene rings is 2. The molecule has 1 heterocycles. The zero-order chi connectivity index (χ0) is 21.8. The lowest BCUT2D eigenvalue weighted by molar-refractivity contribution is -0.384. The highest BCUT2D eigenvalue weighted by atomic mass is 35.5. The predicted molar refractivity (Wildman–Crippen MR) is 109 cm³/mol. The first-order valence-electron chi connectivity index (χ1n) is 8.93. The third-order valence-corrected chi connectivity index (χ3v) is 4.54. The van der Waals surface area contributed by atoms with Crippen molar-refractivity contribution in [3.05, 3.63) is 68.4 Å². The minimum Gasteiger partial charge on any atom is -0.490 e. The highest BCUT2D eigenvalue weighted by Crippen LogP contribution is 2.38. The Kier molecular flexibility index (Phi) is 6.22. The number of carbonyl (C=O) groups excluding carboxylic acids is 2. The minimum absolute atomic E-state index is 0.0108. The van der Waals surface area contributed by atoms with Crippen molar-refractivity contribution in [2.45, 2.75) is 13.5 Å². The number of halogens is 1. The van der Waals surface area contributed by atoms with E-state index in [9.17, 15) is 19.7 Å². The maximum Gasteiger partial charge on any atom is 0.328 e. The summed E-state index contributed by atoms with van der Waals surface area (Å²) in [5, 5.41) is 13.5. The summed E-state index contributed by atoms with van der Waals surface area (Å²) < 4.78 is 11.4. The Morgan fingerprint density at radius 2 is 1.90 bits per heavy atom. The van der Waals surface area contributed by atoms with Gasteiger partial charge in [-0.05, 0) is 48.4 Å². The summed E-state index contributed by atoms with van der Waals surface area (Å²) in [5.74, 6) is 0.217. The Morgan fingerprint density at radius 3 is 2.47 bits per heavy atom. The Bertz CT molecular complexity index is 1040. The second kappa shape index (κ2) is 8.83. The van der Waals surface area contributed by atoms with Crippen LogP contribution < -0.4 is 14.8 Å². The van der Waals surface area contributed by atoms with Crippen molar-refractivity contribution < 1.29 is 24.0 Å². The average molecular weight is 432 g/mol. The number of nitro groups is 1. The smallest absolute Gasteiger partial charge is 0.328 e. The van der Waals surface area contributed by atoms with E-state index in [0.717, 1.165) is 4.90 Å². The van der Waals surface area contributed by atoms with Crippen LogP contribution in [0.15, 0.2) is 42.1 Å². The maximum atomic E-state index is 12.1. The number of nitro benzene ring substituents is 1. The van der Waals surface area contributed by atoms with E-state index in [1.54, 1.807) is 31.2 Å². The van der Waals surface area contributed by atoms with Crippen LogP contribution in [0, 0.1) is 10.1 Å². The summed E-state index contributed by atoms with van der Waals surface area (Å²) in [5.41, 5.74) is 1.38. The Morgan fingerprint density at radius 1 is 1.20 bits per heavy atom. The van der Waals surface area contributed by atoms with E-state index in [1.807, 2.05) is 0 Å². The molecule has 1 saturated heterocycles. The summed E-state index contributed by atoms with van der Waals surface area (Å²) in [7, 11) is 1.38. The molecule has 0 radical (unpaired) electrons. The van der Waals surface area contributed by atoms with Crippen LogP contribution in [0.25, 0.3) is 6.08 Å². The zero-order valence-corrected chi connectivity index (χ0v) is 16.9. The summed E-state index contributed by atoms with van der Waals surface area (Å²) in [6, 6.07) is 8.69. The number of hydrogen-bond donors (Lipinski definition) is 1. The van der Waals surface area contributed by atoms with E-state index < -0.39 is 16.9 Å². The molecule has 2 aromatic carbocycles. The van der Waals surface area contributed by atoms with Gasteiger partial charge < -0.3 is 14.8 Å². The van der Waals surface area contributed by atoms with Crippen LogP contribution in [0.4, 0.5) is 10.5 Å². The molecule has 0 unspecified atom stereocenters. The third kappa shape index (κ3) is 4.52. The van der Waals surface area contributed by atoms with Gasteiger partial charge >= 0.3 is 6.03 Å². The number of hydrogen-bond acceptors (Lipinski definition) is 6. The molecular weight excluding hydrogens is 414 g/mol. The number of rotatable bonds is 7. The van der Waals surface area contributed by atoms with Gasteiger partial charge in [-0.15, -0.1) is 0 Å². The summed E-state index contributed by atoms with van der Waals surface area (Å²) in [4.78, 5) is 34.9. The Labute approximate surface area is 177 Å². The van der Waals surface area contributed by atoms with Crippen molar-refractivity contribution in [2.75, 3.05) is 13.7 Å². The number of non-ortho nitro benzene ring substituents is 1. The van der Waals surface area contributed by atoms with Crippen molar-refractivity contribution in [1.29, 1.82) is 0 Å². The molecule has 3 rings (SSSR count). The monoisotopic (exact) mass is 431 g/mol. The number of ether oxygens (including phenoxy) is 2. The summed E-state index contributed by atoms with van der Waals surface area (Å²) in [6.07, 6.45) is 1.50. The Balaban J connectivity index is 1.84. The fourth-order valence-corrected chi connectivity index (χ4v) is 3.01. The molecule has 0 aromatic heterocycles. The number of urea groups is 1. The normalized spacial score (nSPS) is 14.8.